The summed E-state index contributed by atoms with van der Waals surface area (Å²) in [5, 5.41) is 0. The topological polar surface area (TPSA) is 26.0 Å². The van der Waals surface area contributed by atoms with Gasteiger partial charge >= 0.3 is 92.4 Å². The fraction of sp³-hybridized carbons (Fsp3) is 0. The second-order valence-electron chi connectivity index (χ2n) is 2.90. The molecule has 2 aromatic rings. The SMILES string of the molecule is [NH2][Pd][c]1ccccc1-c1ccccc1. The van der Waals surface area contributed by atoms with Crippen LogP contribution >= 0.6 is 0 Å². The number of hydrogen-bond acceptors (Lipinski definition) is 1. The Bertz CT molecular complexity index is 412. The van der Waals surface area contributed by atoms with Gasteiger partial charge in [0.15, 0.2) is 0 Å². The summed E-state index contributed by atoms with van der Waals surface area (Å²) >= 11 is 0.167. The Labute approximate surface area is 92.4 Å². The molecule has 0 aliphatic rings. The second kappa shape index (κ2) is 4.52. The second-order valence-corrected chi connectivity index (χ2v) is 4.19. The fourth-order valence-corrected chi connectivity index (χ4v) is 2.27. The van der Waals surface area contributed by atoms with Crippen LogP contribution in [0.2, 0.25) is 0 Å². The van der Waals surface area contributed by atoms with Gasteiger partial charge in [-0.05, 0) is 0 Å². The molecular formula is C12H11NPd. The third-order valence-corrected chi connectivity index (χ3v) is 3.19. The molecule has 2 N–H and O–H groups in total. The van der Waals surface area contributed by atoms with Crippen LogP contribution in [0.5, 0.6) is 0 Å². The van der Waals surface area contributed by atoms with Crippen LogP contribution in [0.3, 0.4) is 0 Å². The third-order valence-electron chi connectivity index (χ3n) is 2.03. The average molecular weight is 276 g/mol. The summed E-state index contributed by atoms with van der Waals surface area (Å²) < 4.78 is 6.98. The van der Waals surface area contributed by atoms with Crippen molar-refractivity contribution in [3.05, 3.63) is 54.6 Å². The van der Waals surface area contributed by atoms with Crippen LogP contribution in [-0.4, -0.2) is 0 Å². The van der Waals surface area contributed by atoms with Crippen molar-refractivity contribution in [3.8, 4) is 11.1 Å². The number of hydrogen-bond donors (Lipinski definition) is 1. The summed E-state index contributed by atoms with van der Waals surface area (Å²) in [7, 11) is 0. The van der Waals surface area contributed by atoms with Gasteiger partial charge < -0.3 is 0 Å². The van der Waals surface area contributed by atoms with Gasteiger partial charge in [0.25, 0.3) is 0 Å². The molecule has 0 spiro atoms. The van der Waals surface area contributed by atoms with E-state index in [1.165, 1.54) is 15.2 Å². The molecule has 14 heavy (non-hydrogen) atoms. The predicted molar refractivity (Wildman–Crippen MR) is 55.7 cm³/mol. The van der Waals surface area contributed by atoms with E-state index in [4.69, 9.17) is 4.37 Å². The zero-order chi connectivity index (χ0) is 9.80. The molecule has 0 atom stereocenters. The van der Waals surface area contributed by atoms with Gasteiger partial charge in [-0.1, -0.05) is 0 Å². The van der Waals surface area contributed by atoms with Crippen molar-refractivity contribution in [2.45, 2.75) is 0 Å². The van der Waals surface area contributed by atoms with E-state index in [1.807, 2.05) is 24.3 Å². The molecular weight excluding hydrogens is 265 g/mol. The molecule has 2 heteroatoms. The average Bonchev–Trinajstić information content (AvgIpc) is 2.30. The van der Waals surface area contributed by atoms with Gasteiger partial charge in [-0.2, -0.15) is 0 Å². The van der Waals surface area contributed by atoms with Gasteiger partial charge in [-0.25, -0.2) is 0 Å². The summed E-state index contributed by atoms with van der Waals surface area (Å²) in [4.78, 5) is 0. The van der Waals surface area contributed by atoms with Crippen molar-refractivity contribution in [2.75, 3.05) is 0 Å². The molecule has 2 rings (SSSR count). The van der Waals surface area contributed by atoms with Gasteiger partial charge in [0, 0.05) is 0 Å². The van der Waals surface area contributed by atoms with Crippen LogP contribution in [0, 0.1) is 0 Å². The van der Waals surface area contributed by atoms with Crippen molar-refractivity contribution in [2.24, 2.45) is 4.37 Å². The first-order valence-electron chi connectivity index (χ1n) is 4.33. The Kier molecular flexibility index (Phi) is 3.11. The molecule has 0 aliphatic carbocycles. The van der Waals surface area contributed by atoms with Crippen molar-refractivity contribution in [3.63, 3.8) is 0 Å². The number of nitrogens with two attached hydrogens (primary N) is 1. The summed E-state index contributed by atoms with van der Waals surface area (Å²) in [6, 6.07) is 18.7. The molecule has 0 unspecified atom stereocenters. The molecule has 0 amide bonds. The van der Waals surface area contributed by atoms with E-state index >= 15 is 0 Å². The van der Waals surface area contributed by atoms with E-state index in [1.54, 1.807) is 0 Å². The maximum absolute atomic E-state index is 5.74. The Morgan fingerprint density at radius 1 is 0.786 bits per heavy atom. The normalized spacial score (nSPS) is 10.4. The van der Waals surface area contributed by atoms with Gasteiger partial charge in [-0.3, -0.25) is 0 Å². The van der Waals surface area contributed by atoms with Crippen LogP contribution in [0.15, 0.2) is 54.6 Å². The maximum atomic E-state index is 5.74. The van der Waals surface area contributed by atoms with Crippen LogP contribution in [0.25, 0.3) is 11.1 Å². The van der Waals surface area contributed by atoms with Gasteiger partial charge in [0.05, 0.1) is 0 Å². The fourth-order valence-electron chi connectivity index (χ4n) is 1.37. The van der Waals surface area contributed by atoms with Crippen LogP contribution in [0.1, 0.15) is 0 Å². The predicted octanol–water partition coefficient (Wildman–Crippen LogP) is 1.94. The Balaban J connectivity index is 2.51. The molecule has 0 fully saturated rings. The standard InChI is InChI=1S/C12H9.H2N.Pd/c1-3-7-11(8-4-1)12-9-5-2-6-10-12;;/h1-9H;1H2;/q;-1;+1. The van der Waals surface area contributed by atoms with Gasteiger partial charge in [-0.15, -0.1) is 0 Å². The van der Waals surface area contributed by atoms with Gasteiger partial charge in [0.2, 0.25) is 0 Å². The van der Waals surface area contributed by atoms with Crippen molar-refractivity contribution >= 4 is 4.04 Å². The molecule has 0 aromatic heterocycles. The molecule has 0 saturated carbocycles. The molecule has 74 valence electrons. The quantitative estimate of drug-likeness (QED) is 0.833. The van der Waals surface area contributed by atoms with Crippen LogP contribution < -0.4 is 8.40 Å². The molecule has 0 aliphatic heterocycles. The van der Waals surface area contributed by atoms with Crippen molar-refractivity contribution in [1.82, 2.24) is 0 Å². The summed E-state index contributed by atoms with van der Waals surface area (Å²) in [6.45, 7) is 0. The van der Waals surface area contributed by atoms with E-state index in [0.29, 0.717) is 0 Å². The van der Waals surface area contributed by atoms with Crippen LogP contribution in [0.4, 0.5) is 0 Å². The summed E-state index contributed by atoms with van der Waals surface area (Å²) in [5.74, 6) is 0. The van der Waals surface area contributed by atoms with Crippen LogP contribution in [-0.2, 0) is 18.2 Å². The molecule has 0 radical (unpaired) electrons. The first-order chi connectivity index (χ1) is 6.92. The van der Waals surface area contributed by atoms with E-state index < -0.39 is 0 Å². The number of benzene rings is 2. The minimum atomic E-state index is 0.167. The van der Waals surface area contributed by atoms with Crippen molar-refractivity contribution < 1.29 is 18.2 Å². The first kappa shape index (κ1) is 9.61. The minimum absolute atomic E-state index is 0.167. The summed E-state index contributed by atoms with van der Waals surface area (Å²) in [5.41, 5.74) is 2.50. The van der Waals surface area contributed by atoms with E-state index in [-0.39, 0.29) is 18.2 Å². The zero-order valence-electron chi connectivity index (χ0n) is 7.59. The molecule has 0 saturated heterocycles. The molecule has 1 nitrogen and oxygen atoms in total. The van der Waals surface area contributed by atoms with E-state index in [2.05, 4.69) is 30.3 Å². The zero-order valence-corrected chi connectivity index (χ0v) is 9.14. The van der Waals surface area contributed by atoms with E-state index in [9.17, 15) is 0 Å². The van der Waals surface area contributed by atoms with Crippen molar-refractivity contribution in [1.29, 1.82) is 0 Å². The molecule has 0 heterocycles. The summed E-state index contributed by atoms with van der Waals surface area (Å²) in [6.07, 6.45) is 0. The third kappa shape index (κ3) is 1.93. The molecule has 2 aromatic carbocycles. The monoisotopic (exact) mass is 275 g/mol. The van der Waals surface area contributed by atoms with Gasteiger partial charge in [0.1, 0.15) is 0 Å². The Morgan fingerprint density at radius 2 is 1.43 bits per heavy atom. The number of rotatable bonds is 2. The molecule has 0 bridgehead atoms. The van der Waals surface area contributed by atoms with E-state index in [0.717, 1.165) is 0 Å². The Hall–Kier alpha value is -0.938. The first-order valence-corrected chi connectivity index (χ1v) is 6.00. The Morgan fingerprint density at radius 3 is 2.14 bits per heavy atom.